The lowest BCUT2D eigenvalue weighted by Gasteiger charge is -2.00. The zero-order valence-electron chi connectivity index (χ0n) is 10.2. The number of rotatable bonds is 8. The van der Waals surface area contributed by atoms with Gasteiger partial charge in [-0.1, -0.05) is 12.8 Å². The number of aromatic nitrogens is 1. The lowest BCUT2D eigenvalue weighted by molar-refractivity contribution is 0.113. The molecule has 94 valence electrons. The predicted molar refractivity (Wildman–Crippen MR) is 69.0 cm³/mol. The van der Waals surface area contributed by atoms with Gasteiger partial charge in [0.15, 0.2) is 0 Å². The summed E-state index contributed by atoms with van der Waals surface area (Å²) in [5.41, 5.74) is 1.10. The molecule has 17 heavy (non-hydrogen) atoms. The van der Waals surface area contributed by atoms with Crippen LogP contribution in [0.3, 0.4) is 0 Å². The van der Waals surface area contributed by atoms with Gasteiger partial charge in [-0.05, 0) is 25.2 Å². The number of thiazole rings is 1. The van der Waals surface area contributed by atoms with Crippen molar-refractivity contribution in [3.05, 3.63) is 16.1 Å². The van der Waals surface area contributed by atoms with Gasteiger partial charge in [0.25, 0.3) is 0 Å². The van der Waals surface area contributed by atoms with Crippen molar-refractivity contribution >= 4 is 11.3 Å². The first-order valence-electron chi connectivity index (χ1n) is 6.64. The standard InChI is InChI=1S/C13H20N2OS/c1-2-10(1)5-6-16-8-12-9-17-13(15-12)7-14-11-3-4-11/h9-11,14H,1-8H2. The monoisotopic (exact) mass is 252 g/mol. The highest BCUT2D eigenvalue weighted by molar-refractivity contribution is 7.09. The first-order chi connectivity index (χ1) is 8.40. The van der Waals surface area contributed by atoms with E-state index >= 15 is 0 Å². The minimum absolute atomic E-state index is 0.687. The van der Waals surface area contributed by atoms with Crippen LogP contribution < -0.4 is 5.32 Å². The molecule has 2 aliphatic rings. The zero-order chi connectivity index (χ0) is 11.5. The molecule has 0 atom stereocenters. The molecule has 0 aliphatic heterocycles. The Labute approximate surface area is 107 Å². The van der Waals surface area contributed by atoms with Gasteiger partial charge in [-0.3, -0.25) is 0 Å². The van der Waals surface area contributed by atoms with Gasteiger partial charge >= 0.3 is 0 Å². The topological polar surface area (TPSA) is 34.2 Å². The zero-order valence-corrected chi connectivity index (χ0v) is 11.0. The summed E-state index contributed by atoms with van der Waals surface area (Å²) in [6, 6.07) is 0.761. The first kappa shape index (κ1) is 11.6. The number of nitrogens with zero attached hydrogens (tertiary/aromatic N) is 1. The number of ether oxygens (including phenoxy) is 1. The first-order valence-corrected chi connectivity index (χ1v) is 7.52. The maximum Gasteiger partial charge on any atom is 0.107 e. The minimum Gasteiger partial charge on any atom is -0.375 e. The van der Waals surface area contributed by atoms with E-state index < -0.39 is 0 Å². The van der Waals surface area contributed by atoms with Crippen molar-refractivity contribution in [3.63, 3.8) is 0 Å². The Balaban J connectivity index is 1.33. The molecule has 0 aromatic carbocycles. The van der Waals surface area contributed by atoms with Gasteiger partial charge in [0, 0.05) is 24.6 Å². The van der Waals surface area contributed by atoms with Crippen LogP contribution in [-0.2, 0) is 17.9 Å². The van der Waals surface area contributed by atoms with Gasteiger partial charge in [0.05, 0.1) is 12.3 Å². The molecule has 2 fully saturated rings. The van der Waals surface area contributed by atoms with Gasteiger partial charge in [-0.15, -0.1) is 11.3 Å². The van der Waals surface area contributed by atoms with Gasteiger partial charge in [0.2, 0.25) is 0 Å². The Morgan fingerprint density at radius 1 is 1.35 bits per heavy atom. The van der Waals surface area contributed by atoms with E-state index in [4.69, 9.17) is 4.74 Å². The molecule has 0 spiro atoms. The third-order valence-electron chi connectivity index (χ3n) is 3.34. The van der Waals surface area contributed by atoms with E-state index in [1.807, 2.05) is 0 Å². The molecule has 1 aromatic heterocycles. The molecule has 0 radical (unpaired) electrons. The van der Waals surface area contributed by atoms with E-state index in [0.29, 0.717) is 6.61 Å². The summed E-state index contributed by atoms with van der Waals surface area (Å²) >= 11 is 1.74. The summed E-state index contributed by atoms with van der Waals surface area (Å²) < 4.78 is 5.65. The Kier molecular flexibility index (Phi) is 3.74. The molecule has 0 saturated heterocycles. The van der Waals surface area contributed by atoms with Gasteiger partial charge < -0.3 is 10.1 Å². The van der Waals surface area contributed by atoms with Crippen molar-refractivity contribution < 1.29 is 4.74 Å². The summed E-state index contributed by atoms with van der Waals surface area (Å²) in [6.45, 7) is 2.52. The summed E-state index contributed by atoms with van der Waals surface area (Å²) in [4.78, 5) is 4.57. The Hall–Kier alpha value is -0.450. The van der Waals surface area contributed by atoms with Gasteiger partial charge in [-0.2, -0.15) is 0 Å². The maximum absolute atomic E-state index is 5.65. The molecular formula is C13H20N2OS. The molecule has 1 heterocycles. The third-order valence-corrected chi connectivity index (χ3v) is 4.23. The van der Waals surface area contributed by atoms with Crippen molar-refractivity contribution in [2.45, 2.75) is 51.3 Å². The molecule has 1 aromatic rings. The summed E-state index contributed by atoms with van der Waals surface area (Å²) in [5.74, 6) is 0.962. The SMILES string of the molecule is c1sc(CNC2CC2)nc1COCCC1CC1. The van der Waals surface area contributed by atoms with Crippen LogP contribution in [0.4, 0.5) is 0 Å². The lowest BCUT2D eigenvalue weighted by atomic mass is 10.3. The van der Waals surface area contributed by atoms with Gasteiger partial charge in [-0.25, -0.2) is 4.98 Å². The lowest BCUT2D eigenvalue weighted by Crippen LogP contribution is -2.15. The number of hydrogen-bond acceptors (Lipinski definition) is 4. The highest BCUT2D eigenvalue weighted by atomic mass is 32.1. The van der Waals surface area contributed by atoms with Crippen LogP contribution in [-0.4, -0.2) is 17.6 Å². The molecular weight excluding hydrogens is 232 g/mol. The fourth-order valence-electron chi connectivity index (χ4n) is 1.85. The van der Waals surface area contributed by atoms with Crippen molar-refractivity contribution in [1.29, 1.82) is 0 Å². The maximum atomic E-state index is 5.65. The van der Waals surface area contributed by atoms with Crippen LogP contribution in [0.25, 0.3) is 0 Å². The van der Waals surface area contributed by atoms with Crippen molar-refractivity contribution in [2.75, 3.05) is 6.61 Å². The Morgan fingerprint density at radius 2 is 2.24 bits per heavy atom. The van der Waals surface area contributed by atoms with E-state index in [1.54, 1.807) is 11.3 Å². The normalized spacial score (nSPS) is 19.8. The summed E-state index contributed by atoms with van der Waals surface area (Å²) in [5, 5.41) is 6.80. The highest BCUT2D eigenvalue weighted by Gasteiger charge is 2.21. The third kappa shape index (κ3) is 4.05. The van der Waals surface area contributed by atoms with Crippen LogP contribution in [0, 0.1) is 5.92 Å². The molecule has 1 N–H and O–H groups in total. The van der Waals surface area contributed by atoms with Crippen LogP contribution in [0.1, 0.15) is 42.8 Å². The summed E-state index contributed by atoms with van der Waals surface area (Å²) in [7, 11) is 0. The Morgan fingerprint density at radius 3 is 3.00 bits per heavy atom. The predicted octanol–water partition coefficient (Wildman–Crippen LogP) is 2.71. The van der Waals surface area contributed by atoms with Crippen molar-refractivity contribution in [2.24, 2.45) is 5.92 Å². The second-order valence-corrected chi connectivity index (χ2v) is 6.12. The highest BCUT2D eigenvalue weighted by Crippen LogP contribution is 2.32. The van der Waals surface area contributed by atoms with E-state index in [0.717, 1.165) is 30.8 Å². The fraction of sp³-hybridized carbons (Fsp3) is 0.769. The molecule has 0 unspecified atom stereocenters. The molecule has 2 aliphatic carbocycles. The van der Waals surface area contributed by atoms with Crippen LogP contribution >= 0.6 is 11.3 Å². The molecule has 0 bridgehead atoms. The average Bonchev–Trinajstić information content (AvgIpc) is 3.24. The van der Waals surface area contributed by atoms with E-state index in [9.17, 15) is 0 Å². The fourth-order valence-corrected chi connectivity index (χ4v) is 2.58. The number of hydrogen-bond donors (Lipinski definition) is 1. The minimum atomic E-state index is 0.687. The van der Waals surface area contributed by atoms with E-state index in [2.05, 4.69) is 15.7 Å². The second-order valence-electron chi connectivity index (χ2n) is 5.17. The largest absolute Gasteiger partial charge is 0.375 e. The average molecular weight is 252 g/mol. The van der Waals surface area contributed by atoms with E-state index in [1.165, 1.54) is 37.1 Å². The molecule has 4 heteroatoms. The molecule has 3 rings (SSSR count). The van der Waals surface area contributed by atoms with Gasteiger partial charge in [0.1, 0.15) is 5.01 Å². The van der Waals surface area contributed by atoms with Crippen molar-refractivity contribution in [1.82, 2.24) is 10.3 Å². The summed E-state index contributed by atoms with van der Waals surface area (Å²) in [6.07, 6.45) is 6.74. The van der Waals surface area contributed by atoms with Crippen LogP contribution in [0.15, 0.2) is 5.38 Å². The number of nitrogens with one attached hydrogen (secondary N) is 1. The van der Waals surface area contributed by atoms with Crippen LogP contribution in [0.5, 0.6) is 0 Å². The molecule has 3 nitrogen and oxygen atoms in total. The quantitative estimate of drug-likeness (QED) is 0.722. The molecule has 2 saturated carbocycles. The smallest absolute Gasteiger partial charge is 0.107 e. The van der Waals surface area contributed by atoms with E-state index in [-0.39, 0.29) is 0 Å². The Bertz CT molecular complexity index is 358. The second kappa shape index (κ2) is 5.46. The van der Waals surface area contributed by atoms with Crippen molar-refractivity contribution in [3.8, 4) is 0 Å². The van der Waals surface area contributed by atoms with Crippen LogP contribution in [0.2, 0.25) is 0 Å². The molecule has 0 amide bonds.